The van der Waals surface area contributed by atoms with Crippen LogP contribution in [0.4, 0.5) is 0 Å². The molecule has 0 atom stereocenters. The van der Waals surface area contributed by atoms with E-state index in [0.717, 1.165) is 11.3 Å². The van der Waals surface area contributed by atoms with Gasteiger partial charge >= 0.3 is 23.1 Å². The number of hydrogen-bond acceptors (Lipinski definition) is 1. The van der Waals surface area contributed by atoms with Crippen LogP contribution in [0.3, 0.4) is 0 Å². The zero-order valence-electron chi connectivity index (χ0n) is 11.4. The van der Waals surface area contributed by atoms with Gasteiger partial charge in [0.15, 0.2) is 0 Å². The maximum absolute atomic E-state index is 5.71. The molecular formula is C16H17BrMgO. The van der Waals surface area contributed by atoms with Gasteiger partial charge in [0.1, 0.15) is 5.75 Å². The second-order valence-corrected chi connectivity index (χ2v) is 4.42. The predicted molar refractivity (Wildman–Crippen MR) is 75.9 cm³/mol. The van der Waals surface area contributed by atoms with Gasteiger partial charge in [0.25, 0.3) is 0 Å². The summed E-state index contributed by atoms with van der Waals surface area (Å²) in [4.78, 5) is 0. The Bertz CT molecular complexity index is 454. The normalized spacial score (nSPS) is 9.42. The van der Waals surface area contributed by atoms with E-state index in [9.17, 15) is 0 Å². The van der Waals surface area contributed by atoms with Gasteiger partial charge in [-0.15, -0.1) is 5.56 Å². The van der Waals surface area contributed by atoms with Crippen molar-refractivity contribution >= 4 is 23.1 Å². The van der Waals surface area contributed by atoms with Crippen LogP contribution in [0.5, 0.6) is 5.75 Å². The third kappa shape index (κ3) is 5.98. The Balaban J connectivity index is 0.00000162. The Morgan fingerprint density at radius 3 is 2.11 bits per heavy atom. The first kappa shape index (κ1) is 18.5. The molecule has 0 saturated carbocycles. The summed E-state index contributed by atoms with van der Waals surface area (Å²) in [5.74, 6) is 1.48. The maximum Gasteiger partial charge on any atom is 2.00 e. The van der Waals surface area contributed by atoms with Gasteiger partial charge in [-0.2, -0.15) is 30.3 Å². The average Bonchev–Trinajstić information content (AvgIpc) is 2.38. The van der Waals surface area contributed by atoms with Crippen molar-refractivity contribution in [3.63, 3.8) is 0 Å². The standard InChI is InChI=1S/C16H17O.BrH.Mg/c1-13(2)15-8-10-16(11-9-15)17-12-14-6-4-3-5-7-14;;/h4-11,13H,12H2,1-2H3;1H;/q-1;;+2/p-1. The van der Waals surface area contributed by atoms with Crippen LogP contribution in [0, 0.1) is 6.07 Å². The second kappa shape index (κ2) is 9.40. The second-order valence-electron chi connectivity index (χ2n) is 4.42. The smallest absolute Gasteiger partial charge is 1.00 e. The summed E-state index contributed by atoms with van der Waals surface area (Å²) in [7, 11) is 0. The molecule has 1 nitrogen and oxygen atoms in total. The van der Waals surface area contributed by atoms with Crippen LogP contribution in [-0.4, -0.2) is 23.1 Å². The zero-order chi connectivity index (χ0) is 12.1. The minimum absolute atomic E-state index is 0. The Labute approximate surface area is 142 Å². The molecule has 0 aliphatic carbocycles. The molecule has 96 valence electrons. The van der Waals surface area contributed by atoms with E-state index in [0.29, 0.717) is 12.5 Å². The number of benzene rings is 2. The first-order valence-electron chi connectivity index (χ1n) is 5.93. The Hall–Kier alpha value is -0.514. The van der Waals surface area contributed by atoms with Crippen molar-refractivity contribution in [2.75, 3.05) is 0 Å². The molecule has 0 radical (unpaired) electrons. The molecule has 0 spiro atoms. The molecule has 0 bridgehead atoms. The summed E-state index contributed by atoms with van der Waals surface area (Å²) in [5.41, 5.74) is 2.50. The van der Waals surface area contributed by atoms with E-state index >= 15 is 0 Å². The fourth-order valence-corrected chi connectivity index (χ4v) is 1.63. The van der Waals surface area contributed by atoms with Crippen molar-refractivity contribution in [2.24, 2.45) is 0 Å². The minimum atomic E-state index is 0. The van der Waals surface area contributed by atoms with E-state index in [4.69, 9.17) is 4.74 Å². The van der Waals surface area contributed by atoms with Crippen molar-refractivity contribution in [2.45, 2.75) is 26.4 Å². The van der Waals surface area contributed by atoms with Gasteiger partial charge in [-0.1, -0.05) is 26.0 Å². The molecule has 2 aromatic rings. The van der Waals surface area contributed by atoms with Gasteiger partial charge in [-0.05, 0) is 23.6 Å². The molecule has 0 fully saturated rings. The quantitative estimate of drug-likeness (QED) is 0.596. The molecule has 2 aromatic carbocycles. The Morgan fingerprint density at radius 1 is 1.00 bits per heavy atom. The van der Waals surface area contributed by atoms with Gasteiger partial charge in [-0.3, -0.25) is 0 Å². The molecule has 0 aliphatic rings. The first-order valence-corrected chi connectivity index (χ1v) is 5.93. The van der Waals surface area contributed by atoms with E-state index in [-0.39, 0.29) is 40.0 Å². The Morgan fingerprint density at radius 2 is 1.58 bits per heavy atom. The molecule has 0 aliphatic heterocycles. The third-order valence-electron chi connectivity index (χ3n) is 2.74. The van der Waals surface area contributed by atoms with E-state index in [1.54, 1.807) is 0 Å². The van der Waals surface area contributed by atoms with Crippen LogP contribution in [0.2, 0.25) is 0 Å². The van der Waals surface area contributed by atoms with E-state index in [1.807, 2.05) is 36.4 Å². The maximum atomic E-state index is 5.71. The van der Waals surface area contributed by atoms with Crippen LogP contribution in [0.25, 0.3) is 0 Å². The molecule has 0 heterocycles. The van der Waals surface area contributed by atoms with Crippen molar-refractivity contribution in [3.8, 4) is 5.75 Å². The molecular weight excluding hydrogens is 312 g/mol. The van der Waals surface area contributed by atoms with Gasteiger partial charge in [0, 0.05) is 0 Å². The van der Waals surface area contributed by atoms with E-state index < -0.39 is 0 Å². The molecule has 0 saturated heterocycles. The molecule has 0 unspecified atom stereocenters. The summed E-state index contributed by atoms with van der Waals surface area (Å²) in [5, 5.41) is 0. The van der Waals surface area contributed by atoms with Crippen molar-refractivity contribution in [1.29, 1.82) is 0 Å². The number of hydrogen-bond donors (Lipinski definition) is 0. The first-order chi connectivity index (χ1) is 8.25. The number of halogens is 1. The van der Waals surface area contributed by atoms with Crippen LogP contribution in [0.1, 0.15) is 30.9 Å². The predicted octanol–water partition coefficient (Wildman–Crippen LogP) is 0.812. The summed E-state index contributed by atoms with van der Waals surface area (Å²) in [6, 6.07) is 19.1. The van der Waals surface area contributed by atoms with Gasteiger partial charge < -0.3 is 21.7 Å². The third-order valence-corrected chi connectivity index (χ3v) is 2.74. The van der Waals surface area contributed by atoms with Crippen LogP contribution < -0.4 is 21.7 Å². The van der Waals surface area contributed by atoms with Crippen molar-refractivity contribution in [3.05, 3.63) is 65.7 Å². The van der Waals surface area contributed by atoms with Crippen LogP contribution >= 0.6 is 0 Å². The van der Waals surface area contributed by atoms with E-state index in [1.165, 1.54) is 5.56 Å². The summed E-state index contributed by atoms with van der Waals surface area (Å²) in [6.07, 6.45) is 0. The Kier molecular flexibility index (Phi) is 9.15. The molecule has 0 aromatic heterocycles. The molecule has 0 amide bonds. The van der Waals surface area contributed by atoms with Crippen LogP contribution in [-0.2, 0) is 6.61 Å². The monoisotopic (exact) mass is 328 g/mol. The SMILES string of the molecule is CC(C)c1ccc(OCc2cc[c-]cc2)cc1.[Br-].[Mg+2]. The fraction of sp³-hybridized carbons (Fsp3) is 0.250. The zero-order valence-corrected chi connectivity index (χ0v) is 14.4. The fourth-order valence-electron chi connectivity index (χ4n) is 1.63. The van der Waals surface area contributed by atoms with Gasteiger partial charge in [-0.25, -0.2) is 0 Å². The average molecular weight is 330 g/mol. The van der Waals surface area contributed by atoms with Gasteiger partial charge in [0.2, 0.25) is 0 Å². The van der Waals surface area contributed by atoms with E-state index in [2.05, 4.69) is 32.0 Å². The molecule has 19 heavy (non-hydrogen) atoms. The summed E-state index contributed by atoms with van der Waals surface area (Å²) < 4.78 is 5.71. The molecule has 3 heteroatoms. The largest absolute Gasteiger partial charge is 2.00 e. The van der Waals surface area contributed by atoms with Crippen molar-refractivity contribution < 1.29 is 21.7 Å². The molecule has 0 N–H and O–H groups in total. The molecule has 2 rings (SSSR count). The van der Waals surface area contributed by atoms with Gasteiger partial charge in [0.05, 0.1) is 6.61 Å². The summed E-state index contributed by atoms with van der Waals surface area (Å²) in [6.45, 7) is 4.99. The number of ether oxygens (including phenoxy) is 1. The topological polar surface area (TPSA) is 9.23 Å². The van der Waals surface area contributed by atoms with Crippen molar-refractivity contribution in [1.82, 2.24) is 0 Å². The summed E-state index contributed by atoms with van der Waals surface area (Å²) >= 11 is 0. The number of rotatable bonds is 4. The van der Waals surface area contributed by atoms with Crippen LogP contribution in [0.15, 0.2) is 48.5 Å². The minimum Gasteiger partial charge on any atom is -1.00 e.